The minimum atomic E-state index is -3.96. The summed E-state index contributed by atoms with van der Waals surface area (Å²) in [5.74, 6) is -0.622. The summed E-state index contributed by atoms with van der Waals surface area (Å²) >= 11 is 0. The topological polar surface area (TPSA) is 92.3 Å². The van der Waals surface area contributed by atoms with E-state index in [1.54, 1.807) is 0 Å². The van der Waals surface area contributed by atoms with Crippen molar-refractivity contribution in [2.45, 2.75) is 16.7 Å². The zero-order valence-electron chi connectivity index (χ0n) is 12.4. The van der Waals surface area contributed by atoms with Gasteiger partial charge in [-0.3, -0.25) is 4.72 Å². The highest BCUT2D eigenvalue weighted by atomic mass is 32.2. The summed E-state index contributed by atoms with van der Waals surface area (Å²) < 4.78 is 65.5. The number of nitrogens with one attached hydrogen (secondary N) is 2. The molecule has 0 radical (unpaired) electrons. The molecule has 6 nitrogen and oxygen atoms in total. The van der Waals surface area contributed by atoms with E-state index in [4.69, 9.17) is 0 Å². The fourth-order valence-electron chi connectivity index (χ4n) is 1.77. The molecule has 2 aromatic rings. The van der Waals surface area contributed by atoms with Crippen LogP contribution in [0.4, 0.5) is 10.1 Å². The molecule has 0 aliphatic rings. The van der Waals surface area contributed by atoms with Crippen molar-refractivity contribution in [2.75, 3.05) is 11.8 Å². The van der Waals surface area contributed by atoms with Crippen molar-refractivity contribution < 1.29 is 21.2 Å². The fraction of sp³-hybridized carbons (Fsp3) is 0.143. The van der Waals surface area contributed by atoms with Crippen molar-refractivity contribution in [3.8, 4) is 0 Å². The van der Waals surface area contributed by atoms with Gasteiger partial charge in [0.05, 0.1) is 9.79 Å². The lowest BCUT2D eigenvalue weighted by Crippen LogP contribution is -2.18. The van der Waals surface area contributed by atoms with Gasteiger partial charge in [-0.25, -0.2) is 25.9 Å². The van der Waals surface area contributed by atoms with E-state index >= 15 is 0 Å². The lowest BCUT2D eigenvalue weighted by molar-refractivity contribution is 0.588. The first-order valence-corrected chi connectivity index (χ1v) is 9.45. The standard InChI is InChI=1S/C14H15FN2O4S2/c1-10-3-6-13(9-14(10)15)23(20,21)17-11-4-7-12(8-5-11)22(18,19)16-2/h3-9,16-17H,1-2H3. The molecule has 9 heteroatoms. The number of benzene rings is 2. The summed E-state index contributed by atoms with van der Waals surface area (Å²) in [7, 11) is -6.28. The van der Waals surface area contributed by atoms with E-state index in [2.05, 4.69) is 9.44 Å². The van der Waals surface area contributed by atoms with Gasteiger partial charge in [0.25, 0.3) is 10.0 Å². The molecule has 0 saturated carbocycles. The zero-order valence-corrected chi connectivity index (χ0v) is 14.0. The Kier molecular flexibility index (Phi) is 4.73. The van der Waals surface area contributed by atoms with E-state index in [0.29, 0.717) is 5.56 Å². The normalized spacial score (nSPS) is 12.1. The molecule has 0 amide bonds. The van der Waals surface area contributed by atoms with Crippen LogP contribution in [0.15, 0.2) is 52.3 Å². The smallest absolute Gasteiger partial charge is 0.261 e. The van der Waals surface area contributed by atoms with Crippen molar-refractivity contribution in [1.82, 2.24) is 4.72 Å². The van der Waals surface area contributed by atoms with Gasteiger partial charge in [-0.05, 0) is 55.9 Å². The number of anilines is 1. The maximum Gasteiger partial charge on any atom is 0.261 e. The van der Waals surface area contributed by atoms with Crippen molar-refractivity contribution in [2.24, 2.45) is 0 Å². The summed E-state index contributed by atoms with van der Waals surface area (Å²) in [6.07, 6.45) is 0. The maximum atomic E-state index is 13.5. The predicted molar refractivity (Wildman–Crippen MR) is 84.6 cm³/mol. The number of aryl methyl sites for hydroxylation is 1. The minimum Gasteiger partial charge on any atom is -0.280 e. The minimum absolute atomic E-state index is 0.00401. The second-order valence-electron chi connectivity index (χ2n) is 4.75. The van der Waals surface area contributed by atoms with Gasteiger partial charge in [0.2, 0.25) is 10.0 Å². The SMILES string of the molecule is CNS(=O)(=O)c1ccc(NS(=O)(=O)c2ccc(C)c(F)c2)cc1. The van der Waals surface area contributed by atoms with E-state index in [1.165, 1.54) is 50.4 Å². The maximum absolute atomic E-state index is 13.5. The molecule has 2 N–H and O–H groups in total. The Bertz CT molecular complexity index is 924. The van der Waals surface area contributed by atoms with Crippen LogP contribution in [0, 0.1) is 12.7 Å². The second kappa shape index (κ2) is 6.26. The van der Waals surface area contributed by atoms with E-state index < -0.39 is 25.9 Å². The van der Waals surface area contributed by atoms with E-state index in [-0.39, 0.29) is 15.5 Å². The van der Waals surface area contributed by atoms with Crippen molar-refractivity contribution in [3.63, 3.8) is 0 Å². The van der Waals surface area contributed by atoms with E-state index in [0.717, 1.165) is 6.07 Å². The summed E-state index contributed by atoms with van der Waals surface area (Å²) in [5.41, 5.74) is 0.506. The quantitative estimate of drug-likeness (QED) is 0.853. The number of sulfonamides is 2. The van der Waals surface area contributed by atoms with Crippen LogP contribution in [-0.2, 0) is 20.0 Å². The lowest BCUT2D eigenvalue weighted by atomic mass is 10.2. The van der Waals surface area contributed by atoms with Gasteiger partial charge in [0.15, 0.2) is 0 Å². The van der Waals surface area contributed by atoms with Crippen LogP contribution in [0.25, 0.3) is 0 Å². The molecule has 0 aliphatic heterocycles. The predicted octanol–water partition coefficient (Wildman–Crippen LogP) is 1.84. The first-order valence-electron chi connectivity index (χ1n) is 6.48. The van der Waals surface area contributed by atoms with Crippen LogP contribution >= 0.6 is 0 Å². The molecule has 0 saturated heterocycles. The van der Waals surface area contributed by atoms with Gasteiger partial charge >= 0.3 is 0 Å². The van der Waals surface area contributed by atoms with Gasteiger partial charge in [0.1, 0.15) is 5.82 Å². The molecule has 0 spiro atoms. The van der Waals surface area contributed by atoms with Gasteiger partial charge in [0, 0.05) is 5.69 Å². The molecule has 0 heterocycles. The van der Waals surface area contributed by atoms with Gasteiger partial charge in [-0.15, -0.1) is 0 Å². The van der Waals surface area contributed by atoms with E-state index in [1.807, 2.05) is 0 Å². The van der Waals surface area contributed by atoms with E-state index in [9.17, 15) is 21.2 Å². The molecule has 0 bridgehead atoms. The zero-order chi connectivity index (χ0) is 17.3. The monoisotopic (exact) mass is 358 g/mol. The molecule has 0 atom stereocenters. The van der Waals surface area contributed by atoms with Crippen LogP contribution in [0.3, 0.4) is 0 Å². The van der Waals surface area contributed by atoms with Crippen LogP contribution in [0.5, 0.6) is 0 Å². The molecule has 2 aromatic carbocycles. The third-order valence-electron chi connectivity index (χ3n) is 3.14. The number of rotatable bonds is 5. The Morgan fingerprint density at radius 3 is 1.96 bits per heavy atom. The molecular weight excluding hydrogens is 343 g/mol. The van der Waals surface area contributed by atoms with Crippen LogP contribution in [0.1, 0.15) is 5.56 Å². The Morgan fingerprint density at radius 1 is 0.870 bits per heavy atom. The average molecular weight is 358 g/mol. The van der Waals surface area contributed by atoms with Crippen molar-refractivity contribution in [1.29, 1.82) is 0 Å². The summed E-state index contributed by atoms with van der Waals surface area (Å²) in [5, 5.41) is 0. The Labute approximate surface area is 134 Å². The highest BCUT2D eigenvalue weighted by Gasteiger charge is 2.17. The largest absolute Gasteiger partial charge is 0.280 e. The van der Waals surface area contributed by atoms with Crippen LogP contribution in [0.2, 0.25) is 0 Å². The van der Waals surface area contributed by atoms with Gasteiger partial charge in [-0.1, -0.05) is 6.07 Å². The third-order valence-corrected chi connectivity index (χ3v) is 5.95. The van der Waals surface area contributed by atoms with Crippen molar-refractivity contribution in [3.05, 3.63) is 53.8 Å². The van der Waals surface area contributed by atoms with Crippen LogP contribution < -0.4 is 9.44 Å². The molecule has 23 heavy (non-hydrogen) atoms. The number of halogens is 1. The highest BCUT2D eigenvalue weighted by Crippen LogP contribution is 2.20. The fourth-order valence-corrected chi connectivity index (χ4v) is 3.57. The molecular formula is C14H15FN2O4S2. The first kappa shape index (κ1) is 17.4. The summed E-state index contributed by atoms with van der Waals surface area (Å²) in [6, 6.07) is 8.74. The second-order valence-corrected chi connectivity index (χ2v) is 8.32. The molecule has 0 aromatic heterocycles. The van der Waals surface area contributed by atoms with Gasteiger partial charge in [-0.2, -0.15) is 0 Å². The average Bonchev–Trinajstić information content (AvgIpc) is 2.50. The number of hydrogen-bond acceptors (Lipinski definition) is 4. The molecule has 124 valence electrons. The molecule has 0 unspecified atom stereocenters. The molecule has 0 aliphatic carbocycles. The van der Waals surface area contributed by atoms with Gasteiger partial charge < -0.3 is 0 Å². The van der Waals surface area contributed by atoms with Crippen molar-refractivity contribution >= 4 is 25.7 Å². The third kappa shape index (κ3) is 3.87. The molecule has 0 fully saturated rings. The summed E-state index contributed by atoms with van der Waals surface area (Å²) in [4.78, 5) is -0.211. The number of hydrogen-bond donors (Lipinski definition) is 2. The Balaban J connectivity index is 2.29. The first-order chi connectivity index (χ1) is 10.7. The lowest BCUT2D eigenvalue weighted by Gasteiger charge is -2.09. The molecule has 2 rings (SSSR count). The Morgan fingerprint density at radius 2 is 1.43 bits per heavy atom. The summed E-state index contributed by atoms with van der Waals surface area (Å²) in [6.45, 7) is 1.53. The highest BCUT2D eigenvalue weighted by molar-refractivity contribution is 7.92. The Hall–Kier alpha value is -1.97. The van der Waals surface area contributed by atoms with Crippen LogP contribution in [-0.4, -0.2) is 23.9 Å².